The van der Waals surface area contributed by atoms with Crippen LogP contribution in [0.5, 0.6) is 11.5 Å². The van der Waals surface area contributed by atoms with Gasteiger partial charge in [-0.25, -0.2) is 8.42 Å². The molecule has 1 saturated heterocycles. The van der Waals surface area contributed by atoms with Gasteiger partial charge in [0, 0.05) is 24.3 Å². The molecule has 3 rings (SSSR count). The number of benzene rings is 2. The average Bonchev–Trinajstić information content (AvgIpc) is 3.04. The highest BCUT2D eigenvalue weighted by molar-refractivity contribution is 7.89. The van der Waals surface area contributed by atoms with Gasteiger partial charge in [0.1, 0.15) is 0 Å². The quantitative estimate of drug-likeness (QED) is 0.750. The fraction of sp³-hybridized carbons (Fsp3) is 0.409. The maximum atomic E-state index is 13.2. The predicted molar refractivity (Wildman–Crippen MR) is 116 cm³/mol. The summed E-state index contributed by atoms with van der Waals surface area (Å²) >= 11 is 0. The second-order valence-corrected chi connectivity index (χ2v) is 9.23. The number of rotatable bonds is 6. The highest BCUT2D eigenvalue weighted by Crippen LogP contribution is 2.29. The molecule has 0 spiro atoms. The summed E-state index contributed by atoms with van der Waals surface area (Å²) in [7, 11) is -0.590. The highest BCUT2D eigenvalue weighted by Gasteiger charge is 2.27. The molecule has 0 aliphatic carbocycles. The van der Waals surface area contributed by atoms with Gasteiger partial charge in [0.05, 0.1) is 19.1 Å². The van der Waals surface area contributed by atoms with E-state index in [2.05, 4.69) is 5.32 Å². The van der Waals surface area contributed by atoms with Gasteiger partial charge in [0.2, 0.25) is 10.0 Å². The summed E-state index contributed by atoms with van der Waals surface area (Å²) in [6.07, 6.45) is 3.83. The molecular weight excluding hydrogens is 404 g/mol. The van der Waals surface area contributed by atoms with Gasteiger partial charge in [-0.05, 0) is 55.7 Å². The van der Waals surface area contributed by atoms with Crippen molar-refractivity contribution in [1.82, 2.24) is 4.31 Å². The molecule has 1 heterocycles. The zero-order chi connectivity index (χ0) is 21.7. The minimum atomic E-state index is -3.61. The van der Waals surface area contributed by atoms with E-state index in [1.54, 1.807) is 41.6 Å². The summed E-state index contributed by atoms with van der Waals surface area (Å²) in [6, 6.07) is 9.81. The second kappa shape index (κ2) is 9.49. The maximum absolute atomic E-state index is 13.2. The first-order chi connectivity index (χ1) is 14.4. The van der Waals surface area contributed by atoms with Gasteiger partial charge in [-0.15, -0.1) is 0 Å². The Morgan fingerprint density at radius 3 is 2.23 bits per heavy atom. The van der Waals surface area contributed by atoms with Crippen LogP contribution in [-0.4, -0.2) is 45.9 Å². The Bertz CT molecular complexity index is 1010. The fourth-order valence-corrected chi connectivity index (χ4v) is 5.33. The van der Waals surface area contributed by atoms with E-state index in [0.717, 1.165) is 25.7 Å². The number of ether oxygens (including phenoxy) is 2. The summed E-state index contributed by atoms with van der Waals surface area (Å²) in [6.45, 7) is 2.83. The lowest BCUT2D eigenvalue weighted by Gasteiger charge is -2.21. The number of anilines is 1. The van der Waals surface area contributed by atoms with E-state index in [0.29, 0.717) is 41.4 Å². The van der Waals surface area contributed by atoms with Crippen LogP contribution >= 0.6 is 0 Å². The van der Waals surface area contributed by atoms with Crippen molar-refractivity contribution >= 4 is 21.6 Å². The number of carbonyl (C=O) groups excluding carboxylic acids is 1. The molecule has 0 atom stereocenters. The van der Waals surface area contributed by atoms with Gasteiger partial charge in [-0.2, -0.15) is 4.31 Å². The second-order valence-electron chi connectivity index (χ2n) is 7.32. The van der Waals surface area contributed by atoms with Gasteiger partial charge in [0.25, 0.3) is 5.91 Å². The first-order valence-electron chi connectivity index (χ1n) is 10.0. The molecule has 8 heteroatoms. The molecule has 1 amide bonds. The fourth-order valence-electron chi connectivity index (χ4n) is 3.56. The van der Waals surface area contributed by atoms with Crippen LogP contribution in [0.1, 0.15) is 41.6 Å². The van der Waals surface area contributed by atoms with E-state index >= 15 is 0 Å². The number of aryl methyl sites for hydroxylation is 1. The predicted octanol–water partition coefficient (Wildman–Crippen LogP) is 3.83. The average molecular weight is 433 g/mol. The number of hydrogen-bond donors (Lipinski definition) is 1. The van der Waals surface area contributed by atoms with Crippen LogP contribution < -0.4 is 14.8 Å². The Labute approximate surface area is 178 Å². The zero-order valence-electron chi connectivity index (χ0n) is 17.6. The van der Waals surface area contributed by atoms with Crippen molar-refractivity contribution in [3.05, 3.63) is 47.5 Å². The third kappa shape index (κ3) is 4.76. The van der Waals surface area contributed by atoms with Crippen LogP contribution in [0.3, 0.4) is 0 Å². The maximum Gasteiger partial charge on any atom is 0.255 e. The first-order valence-corrected chi connectivity index (χ1v) is 11.4. The monoisotopic (exact) mass is 432 g/mol. The molecular formula is C22H28N2O5S. The van der Waals surface area contributed by atoms with E-state index in [9.17, 15) is 13.2 Å². The smallest absolute Gasteiger partial charge is 0.255 e. The van der Waals surface area contributed by atoms with E-state index in [1.807, 2.05) is 0 Å². The molecule has 0 saturated carbocycles. The summed E-state index contributed by atoms with van der Waals surface area (Å²) in [5.41, 5.74) is 1.46. The highest BCUT2D eigenvalue weighted by atomic mass is 32.2. The number of hydrogen-bond acceptors (Lipinski definition) is 5. The largest absolute Gasteiger partial charge is 0.493 e. The lowest BCUT2D eigenvalue weighted by Crippen LogP contribution is -2.32. The van der Waals surface area contributed by atoms with Crippen molar-refractivity contribution < 1.29 is 22.7 Å². The summed E-state index contributed by atoms with van der Waals surface area (Å²) < 4.78 is 38.4. The zero-order valence-corrected chi connectivity index (χ0v) is 18.4. The molecule has 2 aromatic carbocycles. The van der Waals surface area contributed by atoms with Crippen LogP contribution in [0.25, 0.3) is 0 Å². The Hall–Kier alpha value is -2.58. The van der Waals surface area contributed by atoms with E-state index in [1.165, 1.54) is 20.3 Å². The summed E-state index contributed by atoms with van der Waals surface area (Å²) in [5.74, 6) is 0.603. The SMILES string of the molecule is COc1ccc(C(=O)Nc2ccc(C)c(S(=O)(=O)N3CCCCCC3)c2)cc1OC. The van der Waals surface area contributed by atoms with Crippen molar-refractivity contribution in [2.24, 2.45) is 0 Å². The normalized spacial score (nSPS) is 15.3. The van der Waals surface area contributed by atoms with Gasteiger partial charge in [0.15, 0.2) is 11.5 Å². The Kier molecular flexibility index (Phi) is 6.99. The Morgan fingerprint density at radius 2 is 1.60 bits per heavy atom. The molecule has 162 valence electrons. The van der Waals surface area contributed by atoms with Crippen molar-refractivity contribution in [3.8, 4) is 11.5 Å². The first kappa shape index (κ1) is 22.1. The van der Waals surface area contributed by atoms with Crippen molar-refractivity contribution in [2.75, 3.05) is 32.6 Å². The van der Waals surface area contributed by atoms with Crippen LogP contribution in [-0.2, 0) is 10.0 Å². The Balaban J connectivity index is 1.85. The van der Waals surface area contributed by atoms with E-state index in [-0.39, 0.29) is 10.8 Å². The molecule has 0 aromatic heterocycles. The number of nitrogens with one attached hydrogen (secondary N) is 1. The molecule has 0 bridgehead atoms. The molecule has 7 nitrogen and oxygen atoms in total. The molecule has 30 heavy (non-hydrogen) atoms. The molecule has 2 aromatic rings. The summed E-state index contributed by atoms with van der Waals surface area (Å²) in [4.78, 5) is 12.9. The van der Waals surface area contributed by atoms with Crippen LogP contribution in [0.2, 0.25) is 0 Å². The van der Waals surface area contributed by atoms with Gasteiger partial charge in [-0.1, -0.05) is 18.9 Å². The van der Waals surface area contributed by atoms with Crippen LogP contribution in [0.15, 0.2) is 41.3 Å². The standard InChI is InChI=1S/C22H28N2O5S/c1-16-8-10-18(15-21(16)30(26,27)24-12-6-4-5-7-13-24)23-22(25)17-9-11-19(28-2)20(14-17)29-3/h8-11,14-15H,4-7,12-13H2,1-3H3,(H,23,25). The topological polar surface area (TPSA) is 84.9 Å². The molecule has 1 aliphatic heterocycles. The minimum Gasteiger partial charge on any atom is -0.493 e. The lowest BCUT2D eigenvalue weighted by molar-refractivity contribution is 0.102. The summed E-state index contributed by atoms with van der Waals surface area (Å²) in [5, 5.41) is 2.78. The molecule has 1 fully saturated rings. The van der Waals surface area contributed by atoms with Gasteiger partial charge >= 0.3 is 0 Å². The van der Waals surface area contributed by atoms with Crippen LogP contribution in [0.4, 0.5) is 5.69 Å². The molecule has 0 radical (unpaired) electrons. The third-order valence-electron chi connectivity index (χ3n) is 5.27. The molecule has 1 N–H and O–H groups in total. The van der Waals surface area contributed by atoms with Crippen molar-refractivity contribution in [1.29, 1.82) is 0 Å². The minimum absolute atomic E-state index is 0.231. The van der Waals surface area contributed by atoms with Gasteiger partial charge < -0.3 is 14.8 Å². The Morgan fingerprint density at radius 1 is 0.933 bits per heavy atom. The van der Waals surface area contributed by atoms with Crippen molar-refractivity contribution in [2.45, 2.75) is 37.5 Å². The number of methoxy groups -OCH3 is 2. The van der Waals surface area contributed by atoms with E-state index < -0.39 is 10.0 Å². The van der Waals surface area contributed by atoms with Crippen LogP contribution in [0, 0.1) is 6.92 Å². The number of carbonyl (C=O) groups is 1. The molecule has 0 unspecified atom stereocenters. The van der Waals surface area contributed by atoms with Gasteiger partial charge in [-0.3, -0.25) is 4.79 Å². The number of amides is 1. The van der Waals surface area contributed by atoms with E-state index in [4.69, 9.17) is 9.47 Å². The third-order valence-corrected chi connectivity index (χ3v) is 7.32. The number of sulfonamides is 1. The number of nitrogens with zero attached hydrogens (tertiary/aromatic N) is 1. The molecule has 1 aliphatic rings. The lowest BCUT2D eigenvalue weighted by atomic mass is 10.1. The van der Waals surface area contributed by atoms with Crippen molar-refractivity contribution in [3.63, 3.8) is 0 Å².